The Morgan fingerprint density at radius 2 is 1.65 bits per heavy atom. The Morgan fingerprint density at radius 1 is 1.18 bits per heavy atom. The highest BCUT2D eigenvalue weighted by Crippen LogP contribution is 2.17. The molecule has 6 heteroatoms. The van der Waals surface area contributed by atoms with Crippen molar-refractivity contribution in [3.63, 3.8) is 0 Å². The Bertz CT molecular complexity index is 300. The molecule has 0 rings (SSSR count). The van der Waals surface area contributed by atoms with Crippen molar-refractivity contribution in [3.8, 4) is 0 Å². The van der Waals surface area contributed by atoms with Gasteiger partial charge in [0.15, 0.2) is 0 Å². The van der Waals surface area contributed by atoms with E-state index in [1.165, 1.54) is 8.61 Å². The molecule has 0 radical (unpaired) electrons. The Labute approximate surface area is 106 Å². The monoisotopic (exact) mass is 265 g/mol. The predicted molar refractivity (Wildman–Crippen MR) is 71.9 cm³/mol. The summed E-state index contributed by atoms with van der Waals surface area (Å²) in [6, 6.07) is -0.0145. The summed E-state index contributed by atoms with van der Waals surface area (Å²) in [5, 5.41) is 0. The average Bonchev–Trinajstić information content (AvgIpc) is 2.28. The van der Waals surface area contributed by atoms with Crippen LogP contribution in [0.25, 0.3) is 0 Å². The molecule has 0 aliphatic carbocycles. The second-order valence-electron chi connectivity index (χ2n) is 4.49. The van der Waals surface area contributed by atoms with E-state index in [0.29, 0.717) is 13.1 Å². The molecule has 0 aromatic heterocycles. The molecule has 0 atom stereocenters. The molecule has 5 nitrogen and oxygen atoms in total. The molecule has 0 unspecified atom stereocenters. The first kappa shape index (κ1) is 16.8. The van der Waals surface area contributed by atoms with Gasteiger partial charge in [-0.15, -0.1) is 0 Å². The summed E-state index contributed by atoms with van der Waals surface area (Å²) in [5.74, 6) is 0. The van der Waals surface area contributed by atoms with E-state index in [9.17, 15) is 8.42 Å². The molecule has 0 spiro atoms. The minimum Gasteiger partial charge on any atom is -0.329 e. The minimum atomic E-state index is -3.40. The maximum atomic E-state index is 12.4. The van der Waals surface area contributed by atoms with E-state index >= 15 is 0 Å². The minimum absolute atomic E-state index is 0.0322. The van der Waals surface area contributed by atoms with Crippen LogP contribution in [0.2, 0.25) is 0 Å². The molecular formula is C11H27N3O2S. The smallest absolute Gasteiger partial charge is 0.282 e. The van der Waals surface area contributed by atoms with Gasteiger partial charge in [-0.1, -0.05) is 13.8 Å². The van der Waals surface area contributed by atoms with Crippen LogP contribution in [-0.2, 0) is 10.2 Å². The van der Waals surface area contributed by atoms with Crippen LogP contribution in [0, 0.1) is 0 Å². The topological polar surface area (TPSA) is 66.6 Å². The van der Waals surface area contributed by atoms with Gasteiger partial charge in [0.05, 0.1) is 0 Å². The lowest BCUT2D eigenvalue weighted by Crippen LogP contribution is -2.50. The Hall–Kier alpha value is -0.170. The summed E-state index contributed by atoms with van der Waals surface area (Å²) in [6.45, 7) is 8.47. The predicted octanol–water partition coefficient (Wildman–Crippen LogP) is 1.02. The molecule has 17 heavy (non-hydrogen) atoms. The third-order valence-electron chi connectivity index (χ3n) is 3.09. The Kier molecular flexibility index (Phi) is 7.23. The van der Waals surface area contributed by atoms with Gasteiger partial charge in [0, 0.05) is 32.2 Å². The van der Waals surface area contributed by atoms with Crippen LogP contribution in [0.4, 0.5) is 0 Å². The largest absolute Gasteiger partial charge is 0.329 e. The van der Waals surface area contributed by atoms with Crippen molar-refractivity contribution in [1.29, 1.82) is 0 Å². The van der Waals surface area contributed by atoms with Crippen molar-refractivity contribution in [2.45, 2.75) is 52.6 Å². The molecule has 2 N–H and O–H groups in total. The molecule has 0 bridgehead atoms. The number of hydrogen-bond donors (Lipinski definition) is 1. The highest BCUT2D eigenvalue weighted by atomic mass is 32.2. The first-order chi connectivity index (χ1) is 7.82. The SMILES string of the molecule is CCC(CC)N(CCN)S(=O)(=O)N(C)C(C)C. The second-order valence-corrected chi connectivity index (χ2v) is 6.43. The molecule has 104 valence electrons. The lowest BCUT2D eigenvalue weighted by atomic mass is 10.2. The van der Waals surface area contributed by atoms with Gasteiger partial charge in [-0.3, -0.25) is 0 Å². The standard InChI is InChI=1S/C11H27N3O2S/c1-6-11(7-2)14(9-8-12)17(15,16)13(5)10(3)4/h10-11H,6-9,12H2,1-5H3. The zero-order valence-electron chi connectivity index (χ0n) is 11.7. The summed E-state index contributed by atoms with van der Waals surface area (Å²) in [4.78, 5) is 0. The molecule has 0 aromatic rings. The molecule has 0 amide bonds. The summed E-state index contributed by atoms with van der Waals surface area (Å²) in [7, 11) is -1.78. The third-order valence-corrected chi connectivity index (χ3v) is 5.31. The van der Waals surface area contributed by atoms with Gasteiger partial charge in [-0.05, 0) is 26.7 Å². The van der Waals surface area contributed by atoms with Crippen molar-refractivity contribution >= 4 is 10.2 Å². The molecule has 0 saturated heterocycles. The summed E-state index contributed by atoms with van der Waals surface area (Å²) in [6.07, 6.45) is 1.61. The number of rotatable bonds is 8. The molecular weight excluding hydrogens is 238 g/mol. The molecule has 0 saturated carbocycles. The first-order valence-electron chi connectivity index (χ1n) is 6.27. The highest BCUT2D eigenvalue weighted by molar-refractivity contribution is 7.86. The second kappa shape index (κ2) is 7.31. The zero-order valence-corrected chi connectivity index (χ0v) is 12.5. The van der Waals surface area contributed by atoms with E-state index in [-0.39, 0.29) is 12.1 Å². The normalized spacial score (nSPS) is 13.3. The van der Waals surface area contributed by atoms with Gasteiger partial charge in [-0.25, -0.2) is 0 Å². The fraction of sp³-hybridized carbons (Fsp3) is 1.00. The number of nitrogens with two attached hydrogens (primary N) is 1. The fourth-order valence-electron chi connectivity index (χ4n) is 1.74. The molecule has 0 heterocycles. The quantitative estimate of drug-likeness (QED) is 0.712. The van der Waals surface area contributed by atoms with Gasteiger partial charge in [0.1, 0.15) is 0 Å². The third kappa shape index (κ3) is 4.21. The number of hydrogen-bond acceptors (Lipinski definition) is 3. The average molecular weight is 265 g/mol. The van der Waals surface area contributed by atoms with Gasteiger partial charge in [-0.2, -0.15) is 17.0 Å². The summed E-state index contributed by atoms with van der Waals surface area (Å²) < 4.78 is 27.8. The molecule has 0 aromatic carbocycles. The molecule has 0 aliphatic heterocycles. The van der Waals surface area contributed by atoms with E-state index in [0.717, 1.165) is 12.8 Å². The lowest BCUT2D eigenvalue weighted by molar-refractivity contribution is 0.274. The van der Waals surface area contributed by atoms with Crippen LogP contribution >= 0.6 is 0 Å². The number of nitrogens with zero attached hydrogens (tertiary/aromatic N) is 2. The molecule has 0 aliphatic rings. The maximum absolute atomic E-state index is 12.4. The van der Waals surface area contributed by atoms with Crippen LogP contribution in [0.5, 0.6) is 0 Å². The first-order valence-corrected chi connectivity index (χ1v) is 7.67. The van der Waals surface area contributed by atoms with Gasteiger partial charge in [0.2, 0.25) is 0 Å². The van der Waals surface area contributed by atoms with Gasteiger partial charge < -0.3 is 5.73 Å². The van der Waals surface area contributed by atoms with Crippen LogP contribution < -0.4 is 5.73 Å². The van der Waals surface area contributed by atoms with Crippen molar-refractivity contribution in [2.75, 3.05) is 20.1 Å². The van der Waals surface area contributed by atoms with Crippen molar-refractivity contribution in [3.05, 3.63) is 0 Å². The Morgan fingerprint density at radius 3 is 1.94 bits per heavy atom. The van der Waals surface area contributed by atoms with E-state index in [1.54, 1.807) is 7.05 Å². The van der Waals surface area contributed by atoms with Crippen LogP contribution in [-0.4, -0.2) is 49.2 Å². The van der Waals surface area contributed by atoms with Gasteiger partial charge in [0.25, 0.3) is 10.2 Å². The van der Waals surface area contributed by atoms with Crippen LogP contribution in [0.1, 0.15) is 40.5 Å². The van der Waals surface area contributed by atoms with Gasteiger partial charge >= 0.3 is 0 Å². The van der Waals surface area contributed by atoms with Crippen molar-refractivity contribution in [2.24, 2.45) is 5.73 Å². The summed E-state index contributed by atoms with van der Waals surface area (Å²) >= 11 is 0. The van der Waals surface area contributed by atoms with E-state index in [4.69, 9.17) is 5.73 Å². The van der Waals surface area contributed by atoms with Crippen molar-refractivity contribution < 1.29 is 8.42 Å². The maximum Gasteiger partial charge on any atom is 0.282 e. The van der Waals surface area contributed by atoms with Crippen LogP contribution in [0.3, 0.4) is 0 Å². The van der Waals surface area contributed by atoms with E-state index in [1.807, 2.05) is 27.7 Å². The fourth-order valence-corrected chi connectivity index (χ4v) is 3.62. The highest BCUT2D eigenvalue weighted by Gasteiger charge is 2.32. The Balaban J connectivity index is 5.16. The summed E-state index contributed by atoms with van der Waals surface area (Å²) in [5.41, 5.74) is 5.52. The van der Waals surface area contributed by atoms with Crippen LogP contribution in [0.15, 0.2) is 0 Å². The van der Waals surface area contributed by atoms with Crippen molar-refractivity contribution in [1.82, 2.24) is 8.61 Å². The molecule has 0 fully saturated rings. The van der Waals surface area contributed by atoms with E-state index < -0.39 is 10.2 Å². The zero-order chi connectivity index (χ0) is 13.6. The lowest BCUT2D eigenvalue weighted by Gasteiger charge is -2.34. The van der Waals surface area contributed by atoms with E-state index in [2.05, 4.69) is 0 Å².